The first-order valence-electron chi connectivity index (χ1n) is 7.43. The van der Waals surface area contributed by atoms with E-state index in [1.54, 1.807) is 12.4 Å². The van der Waals surface area contributed by atoms with Crippen LogP contribution in [0.15, 0.2) is 28.9 Å². The number of piperidine rings is 1. The molecule has 0 radical (unpaired) electrons. The van der Waals surface area contributed by atoms with Crippen molar-refractivity contribution in [1.29, 1.82) is 0 Å². The Hall–Kier alpha value is -1.95. The second kappa shape index (κ2) is 6.22. The van der Waals surface area contributed by atoms with Crippen molar-refractivity contribution in [1.82, 2.24) is 20.1 Å². The van der Waals surface area contributed by atoms with Crippen molar-refractivity contribution in [2.75, 3.05) is 18.4 Å². The van der Waals surface area contributed by atoms with Gasteiger partial charge in [-0.2, -0.15) is 5.10 Å². The molecule has 0 amide bonds. The first kappa shape index (κ1) is 14.0. The molecule has 1 N–H and O–H groups in total. The molecule has 1 aliphatic rings. The van der Waals surface area contributed by atoms with E-state index in [1.807, 2.05) is 19.1 Å². The predicted molar refractivity (Wildman–Crippen MR) is 79.9 cm³/mol. The summed E-state index contributed by atoms with van der Waals surface area (Å²) in [7, 11) is 0. The Kier molecular flexibility index (Phi) is 4.15. The first-order valence-corrected chi connectivity index (χ1v) is 7.43. The zero-order valence-electron chi connectivity index (χ0n) is 12.5. The summed E-state index contributed by atoms with van der Waals surface area (Å²) in [5.74, 6) is 2.54. The standard InChI is InChI=1S/C15H21N5O/c1-11-10-16-15(21-11)12(2)20-8-5-13(6-9-20)18-14-4-3-7-17-19-14/h3-4,7,10,12-13H,5-6,8-9H2,1-2H3,(H,18,19). The number of nitrogens with zero attached hydrogens (tertiary/aromatic N) is 4. The van der Waals surface area contributed by atoms with Gasteiger partial charge in [-0.3, -0.25) is 4.90 Å². The lowest BCUT2D eigenvalue weighted by Gasteiger charge is -2.35. The number of rotatable bonds is 4. The zero-order valence-corrected chi connectivity index (χ0v) is 12.5. The number of nitrogens with one attached hydrogen (secondary N) is 1. The minimum absolute atomic E-state index is 0.233. The minimum atomic E-state index is 0.233. The van der Waals surface area contributed by atoms with Gasteiger partial charge in [-0.25, -0.2) is 4.98 Å². The third-order valence-electron chi connectivity index (χ3n) is 4.00. The molecule has 2 aromatic rings. The highest BCUT2D eigenvalue weighted by Crippen LogP contribution is 2.24. The lowest BCUT2D eigenvalue weighted by molar-refractivity contribution is 0.146. The molecule has 0 saturated carbocycles. The molecule has 0 aromatic carbocycles. The quantitative estimate of drug-likeness (QED) is 0.931. The molecule has 1 aliphatic heterocycles. The second-order valence-corrected chi connectivity index (χ2v) is 5.55. The summed E-state index contributed by atoms with van der Waals surface area (Å²) >= 11 is 0. The van der Waals surface area contributed by atoms with Crippen LogP contribution in [0.2, 0.25) is 0 Å². The molecule has 2 aromatic heterocycles. The molecule has 0 spiro atoms. The Morgan fingerprint density at radius 2 is 2.19 bits per heavy atom. The van der Waals surface area contributed by atoms with E-state index in [-0.39, 0.29) is 6.04 Å². The highest BCUT2D eigenvalue weighted by Gasteiger charge is 2.25. The number of aryl methyl sites for hydroxylation is 1. The molecule has 6 heteroatoms. The maximum atomic E-state index is 5.63. The van der Waals surface area contributed by atoms with Crippen LogP contribution in [0, 0.1) is 6.92 Å². The number of anilines is 1. The Balaban J connectivity index is 1.53. The van der Waals surface area contributed by atoms with Gasteiger partial charge in [-0.1, -0.05) is 0 Å². The fourth-order valence-electron chi connectivity index (χ4n) is 2.74. The largest absolute Gasteiger partial charge is 0.444 e. The van der Waals surface area contributed by atoms with Crippen molar-refractivity contribution < 1.29 is 4.42 Å². The topological polar surface area (TPSA) is 67.1 Å². The maximum absolute atomic E-state index is 5.63. The minimum Gasteiger partial charge on any atom is -0.444 e. The average molecular weight is 287 g/mol. The van der Waals surface area contributed by atoms with Crippen LogP contribution < -0.4 is 5.32 Å². The average Bonchev–Trinajstić information content (AvgIpc) is 2.95. The molecular formula is C15H21N5O. The van der Waals surface area contributed by atoms with Gasteiger partial charge in [-0.15, -0.1) is 5.10 Å². The molecule has 1 atom stereocenters. The summed E-state index contributed by atoms with van der Waals surface area (Å²) in [6, 6.07) is 4.54. The lowest BCUT2D eigenvalue weighted by Crippen LogP contribution is -2.40. The zero-order chi connectivity index (χ0) is 14.7. The van der Waals surface area contributed by atoms with E-state index >= 15 is 0 Å². The summed E-state index contributed by atoms with van der Waals surface area (Å²) in [5.41, 5.74) is 0. The highest BCUT2D eigenvalue weighted by atomic mass is 16.4. The van der Waals surface area contributed by atoms with Crippen LogP contribution in [0.5, 0.6) is 0 Å². The Morgan fingerprint density at radius 3 is 2.81 bits per heavy atom. The van der Waals surface area contributed by atoms with Crippen LogP contribution in [0.1, 0.15) is 37.5 Å². The summed E-state index contributed by atoms with van der Waals surface area (Å²) in [6.45, 7) is 6.14. The third-order valence-corrected chi connectivity index (χ3v) is 4.00. The van der Waals surface area contributed by atoms with Crippen LogP contribution in [0.25, 0.3) is 0 Å². The van der Waals surface area contributed by atoms with Crippen LogP contribution >= 0.6 is 0 Å². The molecule has 1 unspecified atom stereocenters. The van der Waals surface area contributed by atoms with Crippen molar-refractivity contribution in [2.24, 2.45) is 0 Å². The maximum Gasteiger partial charge on any atom is 0.211 e. The van der Waals surface area contributed by atoms with Gasteiger partial charge >= 0.3 is 0 Å². The molecular weight excluding hydrogens is 266 g/mol. The molecule has 3 heterocycles. The molecule has 112 valence electrons. The van der Waals surface area contributed by atoms with Gasteiger partial charge in [0.2, 0.25) is 5.89 Å². The summed E-state index contributed by atoms with van der Waals surface area (Å²) in [4.78, 5) is 6.75. The van der Waals surface area contributed by atoms with E-state index in [1.165, 1.54) is 0 Å². The second-order valence-electron chi connectivity index (χ2n) is 5.55. The van der Waals surface area contributed by atoms with Gasteiger partial charge < -0.3 is 9.73 Å². The van der Waals surface area contributed by atoms with E-state index < -0.39 is 0 Å². The van der Waals surface area contributed by atoms with Crippen LogP contribution in [0.3, 0.4) is 0 Å². The molecule has 0 bridgehead atoms. The van der Waals surface area contributed by atoms with Crippen molar-refractivity contribution in [3.05, 3.63) is 36.2 Å². The SMILES string of the molecule is Cc1cnc(C(C)N2CCC(Nc3cccnn3)CC2)o1. The van der Waals surface area contributed by atoms with Gasteiger partial charge in [0.05, 0.1) is 12.2 Å². The van der Waals surface area contributed by atoms with Crippen LogP contribution in [0.4, 0.5) is 5.82 Å². The number of hydrogen-bond donors (Lipinski definition) is 1. The predicted octanol–water partition coefficient (Wildman–Crippen LogP) is 2.41. The summed E-state index contributed by atoms with van der Waals surface area (Å²) < 4.78 is 5.63. The highest BCUT2D eigenvalue weighted by molar-refractivity contribution is 5.33. The van der Waals surface area contributed by atoms with Crippen LogP contribution in [-0.2, 0) is 0 Å². The fraction of sp³-hybridized carbons (Fsp3) is 0.533. The molecule has 1 fully saturated rings. The monoisotopic (exact) mass is 287 g/mol. The van der Waals surface area contributed by atoms with Crippen molar-refractivity contribution >= 4 is 5.82 Å². The van der Waals surface area contributed by atoms with Crippen molar-refractivity contribution in [2.45, 2.75) is 38.8 Å². The Morgan fingerprint density at radius 1 is 1.38 bits per heavy atom. The van der Waals surface area contributed by atoms with Gasteiger partial charge in [0.25, 0.3) is 0 Å². The Labute approximate surface area is 124 Å². The molecule has 21 heavy (non-hydrogen) atoms. The van der Waals surface area contributed by atoms with E-state index in [0.29, 0.717) is 6.04 Å². The number of likely N-dealkylation sites (tertiary alicyclic amines) is 1. The smallest absolute Gasteiger partial charge is 0.211 e. The number of oxazole rings is 1. The number of aromatic nitrogens is 3. The van der Waals surface area contributed by atoms with Gasteiger partial charge in [0.1, 0.15) is 11.6 Å². The molecule has 6 nitrogen and oxygen atoms in total. The normalized spacial score (nSPS) is 18.6. The molecule has 3 rings (SSSR count). The van der Waals surface area contributed by atoms with Crippen LogP contribution in [-0.4, -0.2) is 39.2 Å². The van der Waals surface area contributed by atoms with E-state index in [2.05, 4.69) is 32.3 Å². The van der Waals surface area contributed by atoms with Crippen molar-refractivity contribution in [3.63, 3.8) is 0 Å². The molecule has 0 aliphatic carbocycles. The van der Waals surface area contributed by atoms with E-state index in [4.69, 9.17) is 4.42 Å². The summed E-state index contributed by atoms with van der Waals surface area (Å²) in [5, 5.41) is 11.4. The van der Waals surface area contributed by atoms with Gasteiger partial charge in [0, 0.05) is 25.3 Å². The molecule has 1 saturated heterocycles. The fourth-order valence-corrected chi connectivity index (χ4v) is 2.74. The van der Waals surface area contributed by atoms with Crippen molar-refractivity contribution in [3.8, 4) is 0 Å². The lowest BCUT2D eigenvalue weighted by atomic mass is 10.0. The number of hydrogen-bond acceptors (Lipinski definition) is 6. The summed E-state index contributed by atoms with van der Waals surface area (Å²) in [6.07, 6.45) is 5.64. The third kappa shape index (κ3) is 3.39. The van der Waals surface area contributed by atoms with E-state index in [9.17, 15) is 0 Å². The van der Waals surface area contributed by atoms with E-state index in [0.717, 1.165) is 43.4 Å². The van der Waals surface area contributed by atoms with Gasteiger partial charge in [-0.05, 0) is 38.8 Å². The van der Waals surface area contributed by atoms with Gasteiger partial charge in [0.15, 0.2) is 0 Å². The Bertz CT molecular complexity index is 562. The first-order chi connectivity index (χ1) is 10.2.